The normalized spacial score (nSPS) is 43.2. The van der Waals surface area contributed by atoms with Gasteiger partial charge in [-0.15, -0.1) is 0 Å². The summed E-state index contributed by atoms with van der Waals surface area (Å²) in [4.78, 5) is 13.3. The average Bonchev–Trinajstić information content (AvgIpc) is 3.27. The molecule has 1 unspecified atom stereocenters. The Labute approximate surface area is 210 Å². The molecule has 4 aliphatic carbocycles. The maximum atomic E-state index is 13.3. The molecule has 1 spiro atoms. The van der Waals surface area contributed by atoms with Gasteiger partial charge in [0, 0.05) is 11.6 Å². The molecular formula is C27H34ClNO6. The highest BCUT2D eigenvalue weighted by Gasteiger charge is 2.76. The second-order valence-electron chi connectivity index (χ2n) is 11.6. The average molecular weight is 504 g/mol. The predicted molar refractivity (Wildman–Crippen MR) is 131 cm³/mol. The zero-order valence-electron chi connectivity index (χ0n) is 20.4. The predicted octanol–water partition coefficient (Wildman–Crippen LogP) is 2.71. The molecule has 5 rings (SSSR count). The Morgan fingerprint density at radius 2 is 1.97 bits per heavy atom. The van der Waals surface area contributed by atoms with Crippen molar-refractivity contribution in [3.05, 3.63) is 52.1 Å². The van der Waals surface area contributed by atoms with Crippen LogP contribution >= 0.6 is 11.6 Å². The van der Waals surface area contributed by atoms with E-state index in [2.05, 4.69) is 13.8 Å². The third-order valence-electron chi connectivity index (χ3n) is 9.64. The molecule has 7 nitrogen and oxygen atoms in total. The fourth-order valence-electron chi connectivity index (χ4n) is 7.82. The number of hydrogen-bond donors (Lipinski definition) is 5. The molecule has 4 aliphatic rings. The summed E-state index contributed by atoms with van der Waals surface area (Å²) >= 11 is 6.23. The number of aliphatic hydroxyl groups is 4. The van der Waals surface area contributed by atoms with Crippen LogP contribution in [-0.2, 0) is 4.74 Å². The maximum absolute atomic E-state index is 13.3. The number of ether oxygens (including phenoxy) is 1. The van der Waals surface area contributed by atoms with Gasteiger partial charge in [0.05, 0.1) is 23.1 Å². The molecule has 2 bridgehead atoms. The van der Waals surface area contributed by atoms with Crippen molar-refractivity contribution < 1.29 is 30.0 Å². The molecule has 1 aromatic rings. The number of anilines is 1. The Bertz CT molecular complexity index is 1130. The van der Waals surface area contributed by atoms with Gasteiger partial charge in [0.25, 0.3) is 0 Å². The van der Waals surface area contributed by atoms with Crippen LogP contribution < -0.4 is 5.73 Å². The topological polar surface area (TPSA) is 133 Å². The number of aliphatic hydroxyl groups excluding tert-OH is 3. The molecule has 2 saturated carbocycles. The van der Waals surface area contributed by atoms with Crippen molar-refractivity contribution in [2.45, 2.75) is 58.0 Å². The quantitative estimate of drug-likeness (QED) is 0.243. The lowest BCUT2D eigenvalue weighted by Gasteiger charge is -2.52. The van der Waals surface area contributed by atoms with E-state index in [4.69, 9.17) is 22.1 Å². The summed E-state index contributed by atoms with van der Waals surface area (Å²) in [5.74, 6) is -0.979. The molecule has 0 radical (unpaired) electrons. The van der Waals surface area contributed by atoms with Gasteiger partial charge >= 0.3 is 5.97 Å². The van der Waals surface area contributed by atoms with E-state index >= 15 is 0 Å². The van der Waals surface area contributed by atoms with Crippen LogP contribution in [0.4, 0.5) is 5.69 Å². The standard InChI is InChI=1S/C27H34ClNO6/c1-12-10-26-13(2)8-16-20(25(16,3)4)15(22(26)32)9-14(11-30)21(31)27(26,34)23(12)35-24(33)19-17(28)6-5-7-18(19)29/h5-7,9-10,13,15-16,20-23,30-32,34H,8,11,29H2,1-4H3/t13-,15+,16-,20+,21-,22?,23+,26+,27+/m1/s1. The van der Waals surface area contributed by atoms with E-state index in [1.54, 1.807) is 25.1 Å². The van der Waals surface area contributed by atoms with E-state index < -0.39 is 41.9 Å². The summed E-state index contributed by atoms with van der Waals surface area (Å²) in [6.07, 6.45) is 0.369. The minimum Gasteiger partial charge on any atom is -0.451 e. The van der Waals surface area contributed by atoms with Crippen LogP contribution in [0.3, 0.4) is 0 Å². The number of halogens is 1. The van der Waals surface area contributed by atoms with Crippen molar-refractivity contribution in [2.24, 2.45) is 34.5 Å². The molecule has 6 N–H and O–H groups in total. The van der Waals surface area contributed by atoms with E-state index in [9.17, 15) is 25.2 Å². The molecule has 0 amide bonds. The van der Waals surface area contributed by atoms with Gasteiger partial charge in [-0.1, -0.05) is 50.6 Å². The monoisotopic (exact) mass is 503 g/mol. The minimum atomic E-state index is -2.11. The third-order valence-corrected chi connectivity index (χ3v) is 9.95. The number of benzene rings is 1. The lowest BCUT2D eigenvalue weighted by atomic mass is 9.58. The molecule has 0 saturated heterocycles. The Hall–Kier alpha value is -1.90. The van der Waals surface area contributed by atoms with Crippen molar-refractivity contribution in [1.82, 2.24) is 0 Å². The van der Waals surface area contributed by atoms with Crippen molar-refractivity contribution in [3.63, 3.8) is 0 Å². The van der Waals surface area contributed by atoms with Crippen molar-refractivity contribution in [3.8, 4) is 0 Å². The van der Waals surface area contributed by atoms with Gasteiger partial charge in [-0.25, -0.2) is 4.79 Å². The molecule has 0 aliphatic heterocycles. The second kappa shape index (κ2) is 7.80. The first-order valence-corrected chi connectivity index (χ1v) is 12.6. The number of nitrogen functional groups attached to an aromatic ring is 1. The SMILES string of the molecule is CC1=C[C@]23C(O)[C@@H](C=C(CO)[C@@H](O)[C@]2(O)[C@H]1OC(=O)c1c(N)cccc1Cl)[C@H]1[C@@H](C[C@H]3C)C1(C)C. The van der Waals surface area contributed by atoms with Crippen LogP contribution in [0.2, 0.25) is 5.02 Å². The molecule has 9 atom stereocenters. The Kier molecular flexibility index (Phi) is 5.52. The van der Waals surface area contributed by atoms with Crippen LogP contribution in [0.5, 0.6) is 0 Å². The maximum Gasteiger partial charge on any atom is 0.342 e. The third kappa shape index (κ3) is 3.02. The smallest absolute Gasteiger partial charge is 0.342 e. The summed E-state index contributed by atoms with van der Waals surface area (Å²) in [6.45, 7) is 7.54. The van der Waals surface area contributed by atoms with Gasteiger partial charge in [-0.05, 0) is 59.8 Å². The van der Waals surface area contributed by atoms with Crippen molar-refractivity contribution in [2.75, 3.05) is 12.3 Å². The summed E-state index contributed by atoms with van der Waals surface area (Å²) in [6, 6.07) is 4.66. The van der Waals surface area contributed by atoms with E-state index in [1.165, 1.54) is 12.1 Å². The number of rotatable bonds is 3. The number of esters is 1. The van der Waals surface area contributed by atoms with Crippen LogP contribution in [0.15, 0.2) is 41.5 Å². The molecule has 190 valence electrons. The number of carbonyl (C=O) groups is 1. The fraction of sp³-hybridized carbons (Fsp3) is 0.593. The van der Waals surface area contributed by atoms with Gasteiger partial charge in [-0.2, -0.15) is 0 Å². The first-order valence-electron chi connectivity index (χ1n) is 12.2. The lowest BCUT2D eigenvalue weighted by Crippen LogP contribution is -2.66. The van der Waals surface area contributed by atoms with Gasteiger partial charge in [0.1, 0.15) is 17.3 Å². The molecule has 0 heterocycles. The molecule has 0 aromatic heterocycles. The van der Waals surface area contributed by atoms with Crippen LogP contribution in [0.25, 0.3) is 0 Å². The summed E-state index contributed by atoms with van der Waals surface area (Å²) < 4.78 is 5.86. The molecular weight excluding hydrogens is 470 g/mol. The first-order chi connectivity index (χ1) is 16.3. The summed E-state index contributed by atoms with van der Waals surface area (Å²) in [5.41, 5.74) is 3.42. The Morgan fingerprint density at radius 1 is 1.29 bits per heavy atom. The highest BCUT2D eigenvalue weighted by atomic mass is 35.5. The highest BCUT2D eigenvalue weighted by Crippen LogP contribution is 2.72. The molecule has 1 aromatic carbocycles. The van der Waals surface area contributed by atoms with E-state index in [1.807, 2.05) is 6.92 Å². The zero-order valence-corrected chi connectivity index (χ0v) is 21.2. The number of carbonyl (C=O) groups excluding carboxylic acids is 1. The fourth-order valence-corrected chi connectivity index (χ4v) is 8.08. The largest absolute Gasteiger partial charge is 0.451 e. The highest BCUT2D eigenvalue weighted by molar-refractivity contribution is 6.34. The van der Waals surface area contributed by atoms with Gasteiger partial charge in [0.15, 0.2) is 6.10 Å². The van der Waals surface area contributed by atoms with Gasteiger partial charge in [0.2, 0.25) is 0 Å². The van der Waals surface area contributed by atoms with Crippen molar-refractivity contribution >= 4 is 23.3 Å². The van der Waals surface area contributed by atoms with Crippen molar-refractivity contribution in [1.29, 1.82) is 0 Å². The summed E-state index contributed by atoms with van der Waals surface area (Å²) in [7, 11) is 0. The lowest BCUT2D eigenvalue weighted by molar-refractivity contribution is -0.215. The van der Waals surface area contributed by atoms with Crippen LogP contribution in [-0.4, -0.2) is 56.9 Å². The van der Waals surface area contributed by atoms with Crippen LogP contribution in [0.1, 0.15) is 44.5 Å². The second-order valence-corrected chi connectivity index (χ2v) is 12.0. The van der Waals surface area contributed by atoms with E-state index in [0.717, 1.165) is 6.42 Å². The zero-order chi connectivity index (χ0) is 25.7. The summed E-state index contributed by atoms with van der Waals surface area (Å²) in [5, 5.41) is 46.3. The molecule has 8 heteroatoms. The Morgan fingerprint density at radius 3 is 2.60 bits per heavy atom. The van der Waals surface area contributed by atoms with E-state index in [0.29, 0.717) is 11.5 Å². The molecule has 35 heavy (non-hydrogen) atoms. The number of fused-ring (bicyclic) bond motifs is 3. The van der Waals surface area contributed by atoms with Crippen LogP contribution in [0, 0.1) is 34.5 Å². The Balaban J connectivity index is 1.64. The molecule has 2 fully saturated rings. The van der Waals surface area contributed by atoms with E-state index in [-0.39, 0.29) is 45.0 Å². The number of nitrogens with two attached hydrogens (primary N) is 1. The van der Waals surface area contributed by atoms with Gasteiger partial charge in [-0.3, -0.25) is 0 Å². The minimum absolute atomic E-state index is 0.00317. The number of hydrogen-bond acceptors (Lipinski definition) is 7. The first kappa shape index (κ1) is 24.8. The van der Waals surface area contributed by atoms with Gasteiger partial charge < -0.3 is 30.9 Å².